The molecule has 0 saturated carbocycles. The van der Waals surface area contributed by atoms with E-state index in [4.69, 9.17) is 5.73 Å². The Morgan fingerprint density at radius 3 is 2.37 bits per heavy atom. The largest absolute Gasteiger partial charge is 0.399 e. The molecule has 0 unspecified atom stereocenters. The van der Waals surface area contributed by atoms with E-state index in [9.17, 15) is 4.39 Å². The first kappa shape index (κ1) is 13.3. The van der Waals surface area contributed by atoms with Crippen molar-refractivity contribution >= 4 is 11.6 Å². The average Bonchev–Trinajstić information content (AvgIpc) is 2.42. The predicted molar refractivity (Wildman–Crippen MR) is 74.2 cm³/mol. The van der Waals surface area contributed by atoms with Gasteiger partial charge in [0.05, 0.1) is 12.4 Å². The molecule has 0 aliphatic carbocycles. The normalized spacial score (nSPS) is 10.4. The van der Waals surface area contributed by atoms with Crippen LogP contribution in [0.15, 0.2) is 36.7 Å². The maximum Gasteiger partial charge on any atom is 0.225 e. The van der Waals surface area contributed by atoms with Gasteiger partial charge in [0.1, 0.15) is 0 Å². The fraction of sp³-hybridized carbons (Fsp3) is 0.286. The third-order valence-electron chi connectivity index (χ3n) is 2.74. The molecule has 100 valence electrons. The second-order valence-corrected chi connectivity index (χ2v) is 4.36. The SMILES string of the molecule is CCCN(Cc1ccc(N)cc1)c1ncc(F)cn1. The molecule has 1 aromatic carbocycles. The van der Waals surface area contributed by atoms with Crippen LogP contribution >= 0.6 is 0 Å². The van der Waals surface area contributed by atoms with E-state index in [-0.39, 0.29) is 0 Å². The van der Waals surface area contributed by atoms with Crippen LogP contribution < -0.4 is 10.6 Å². The summed E-state index contributed by atoms with van der Waals surface area (Å²) in [4.78, 5) is 10.1. The van der Waals surface area contributed by atoms with E-state index in [1.807, 2.05) is 29.2 Å². The molecule has 0 amide bonds. The number of nitrogens with zero attached hydrogens (tertiary/aromatic N) is 3. The molecule has 0 atom stereocenters. The Kier molecular flexibility index (Phi) is 4.28. The third-order valence-corrected chi connectivity index (χ3v) is 2.74. The van der Waals surface area contributed by atoms with Crippen molar-refractivity contribution in [2.75, 3.05) is 17.2 Å². The van der Waals surface area contributed by atoms with E-state index in [0.29, 0.717) is 12.5 Å². The first-order valence-electron chi connectivity index (χ1n) is 6.26. The summed E-state index contributed by atoms with van der Waals surface area (Å²) >= 11 is 0. The Balaban J connectivity index is 2.15. The fourth-order valence-electron chi connectivity index (χ4n) is 1.83. The second kappa shape index (κ2) is 6.13. The highest BCUT2D eigenvalue weighted by molar-refractivity contribution is 5.41. The molecule has 0 bridgehead atoms. The molecule has 1 aromatic heterocycles. The lowest BCUT2D eigenvalue weighted by Gasteiger charge is -2.21. The van der Waals surface area contributed by atoms with E-state index in [1.54, 1.807) is 0 Å². The molecule has 2 aromatic rings. The van der Waals surface area contributed by atoms with Crippen LogP contribution in [0.5, 0.6) is 0 Å². The number of rotatable bonds is 5. The Labute approximate surface area is 112 Å². The topological polar surface area (TPSA) is 55.0 Å². The van der Waals surface area contributed by atoms with Gasteiger partial charge in [0.15, 0.2) is 5.82 Å². The van der Waals surface area contributed by atoms with Gasteiger partial charge < -0.3 is 10.6 Å². The summed E-state index contributed by atoms with van der Waals surface area (Å²) in [5.41, 5.74) is 7.52. The standard InChI is InChI=1S/C14H17FN4/c1-2-7-19(14-17-8-12(15)9-18-14)10-11-3-5-13(16)6-4-11/h3-6,8-9H,2,7,10,16H2,1H3. The zero-order valence-corrected chi connectivity index (χ0v) is 10.9. The Morgan fingerprint density at radius 1 is 1.16 bits per heavy atom. The highest BCUT2D eigenvalue weighted by Gasteiger charge is 2.09. The summed E-state index contributed by atoms with van der Waals surface area (Å²) in [7, 11) is 0. The van der Waals surface area contributed by atoms with E-state index >= 15 is 0 Å². The summed E-state index contributed by atoms with van der Waals surface area (Å²) < 4.78 is 12.8. The molecule has 19 heavy (non-hydrogen) atoms. The molecule has 0 fully saturated rings. The lowest BCUT2D eigenvalue weighted by molar-refractivity contribution is 0.610. The summed E-state index contributed by atoms with van der Waals surface area (Å²) in [6.45, 7) is 3.58. The summed E-state index contributed by atoms with van der Waals surface area (Å²) in [6, 6.07) is 7.68. The van der Waals surface area contributed by atoms with E-state index < -0.39 is 5.82 Å². The monoisotopic (exact) mass is 260 g/mol. The van der Waals surface area contributed by atoms with Crippen molar-refractivity contribution in [2.45, 2.75) is 19.9 Å². The molecule has 0 saturated heterocycles. The zero-order chi connectivity index (χ0) is 13.7. The van der Waals surface area contributed by atoms with Gasteiger partial charge in [-0.1, -0.05) is 19.1 Å². The van der Waals surface area contributed by atoms with Gasteiger partial charge in [-0.25, -0.2) is 14.4 Å². The van der Waals surface area contributed by atoms with E-state index in [0.717, 1.165) is 24.2 Å². The van der Waals surface area contributed by atoms with Crippen molar-refractivity contribution in [3.8, 4) is 0 Å². The second-order valence-electron chi connectivity index (χ2n) is 4.36. The highest BCUT2D eigenvalue weighted by atomic mass is 19.1. The average molecular weight is 260 g/mol. The number of hydrogen-bond acceptors (Lipinski definition) is 4. The first-order chi connectivity index (χ1) is 9.19. The van der Waals surface area contributed by atoms with E-state index in [2.05, 4.69) is 16.9 Å². The third kappa shape index (κ3) is 3.64. The highest BCUT2D eigenvalue weighted by Crippen LogP contribution is 2.14. The minimum atomic E-state index is -0.423. The first-order valence-corrected chi connectivity index (χ1v) is 6.26. The van der Waals surface area contributed by atoms with Crippen LogP contribution in [-0.4, -0.2) is 16.5 Å². The van der Waals surface area contributed by atoms with Crippen LogP contribution in [0.3, 0.4) is 0 Å². The van der Waals surface area contributed by atoms with Crippen molar-refractivity contribution in [3.63, 3.8) is 0 Å². The van der Waals surface area contributed by atoms with Gasteiger partial charge in [-0.3, -0.25) is 0 Å². The number of benzene rings is 1. The number of hydrogen-bond donors (Lipinski definition) is 1. The van der Waals surface area contributed by atoms with Crippen LogP contribution in [0.4, 0.5) is 16.0 Å². The molecular weight excluding hydrogens is 243 g/mol. The van der Waals surface area contributed by atoms with Crippen molar-refractivity contribution in [1.29, 1.82) is 0 Å². The lowest BCUT2D eigenvalue weighted by Crippen LogP contribution is -2.25. The quantitative estimate of drug-likeness (QED) is 0.840. The number of nitrogens with two attached hydrogens (primary N) is 1. The van der Waals surface area contributed by atoms with Crippen LogP contribution in [0.25, 0.3) is 0 Å². The molecule has 0 aliphatic heterocycles. The molecular formula is C14H17FN4. The number of aromatic nitrogens is 2. The van der Waals surface area contributed by atoms with Crippen LogP contribution in [-0.2, 0) is 6.54 Å². The molecule has 0 aliphatic rings. The molecule has 2 rings (SSSR count). The van der Waals surface area contributed by atoms with Gasteiger partial charge in [0, 0.05) is 18.8 Å². The molecule has 0 radical (unpaired) electrons. The lowest BCUT2D eigenvalue weighted by atomic mass is 10.2. The van der Waals surface area contributed by atoms with Gasteiger partial charge in [0.25, 0.3) is 0 Å². The van der Waals surface area contributed by atoms with Crippen molar-refractivity contribution in [3.05, 3.63) is 48.0 Å². The van der Waals surface area contributed by atoms with Gasteiger partial charge in [-0.2, -0.15) is 0 Å². The van der Waals surface area contributed by atoms with Gasteiger partial charge >= 0.3 is 0 Å². The minimum absolute atomic E-state index is 0.423. The maximum atomic E-state index is 12.8. The number of halogens is 1. The van der Waals surface area contributed by atoms with Gasteiger partial charge in [0.2, 0.25) is 5.95 Å². The summed E-state index contributed by atoms with van der Waals surface area (Å²) in [5, 5.41) is 0. The molecule has 5 heteroatoms. The van der Waals surface area contributed by atoms with Crippen LogP contribution in [0.2, 0.25) is 0 Å². The zero-order valence-electron chi connectivity index (χ0n) is 10.9. The fourth-order valence-corrected chi connectivity index (χ4v) is 1.83. The molecule has 4 nitrogen and oxygen atoms in total. The number of nitrogen functional groups attached to an aromatic ring is 1. The Bertz CT molecular complexity index is 510. The smallest absolute Gasteiger partial charge is 0.225 e. The minimum Gasteiger partial charge on any atom is -0.399 e. The summed E-state index contributed by atoms with van der Waals surface area (Å²) in [5.74, 6) is 0.118. The Hall–Kier alpha value is -2.17. The maximum absolute atomic E-state index is 12.8. The van der Waals surface area contributed by atoms with Gasteiger partial charge in [-0.05, 0) is 24.1 Å². The molecule has 0 spiro atoms. The predicted octanol–water partition coefficient (Wildman–Crippen LogP) is 2.61. The number of anilines is 2. The van der Waals surface area contributed by atoms with Crippen LogP contribution in [0, 0.1) is 5.82 Å². The summed E-state index contributed by atoms with van der Waals surface area (Å²) in [6.07, 6.45) is 3.34. The Morgan fingerprint density at radius 2 is 1.79 bits per heavy atom. The van der Waals surface area contributed by atoms with Crippen molar-refractivity contribution in [1.82, 2.24) is 9.97 Å². The molecule has 1 heterocycles. The van der Waals surface area contributed by atoms with Crippen molar-refractivity contribution < 1.29 is 4.39 Å². The van der Waals surface area contributed by atoms with E-state index in [1.165, 1.54) is 12.4 Å². The van der Waals surface area contributed by atoms with Crippen LogP contribution in [0.1, 0.15) is 18.9 Å². The molecule has 2 N–H and O–H groups in total. The van der Waals surface area contributed by atoms with Gasteiger partial charge in [-0.15, -0.1) is 0 Å². The van der Waals surface area contributed by atoms with Crippen molar-refractivity contribution in [2.24, 2.45) is 0 Å².